The highest BCUT2D eigenvalue weighted by molar-refractivity contribution is 3.92. The van der Waals surface area contributed by atoms with Crippen LogP contribution in [0, 0.1) is 0 Å². The summed E-state index contributed by atoms with van der Waals surface area (Å²) in [5.74, 6) is 0. The first-order valence-electron chi connectivity index (χ1n) is 3.39. The highest BCUT2D eigenvalue weighted by Crippen LogP contribution is 1.56. The van der Waals surface area contributed by atoms with Crippen molar-refractivity contribution in [1.29, 1.82) is 0 Å². The van der Waals surface area contributed by atoms with E-state index in [2.05, 4.69) is 0 Å². The summed E-state index contributed by atoms with van der Waals surface area (Å²) in [6.45, 7) is 1.95. The van der Waals surface area contributed by atoms with Gasteiger partial charge in [-0.1, -0.05) is 20.2 Å². The van der Waals surface area contributed by atoms with Gasteiger partial charge in [-0.05, 0) is 6.90 Å². The summed E-state index contributed by atoms with van der Waals surface area (Å²) in [5, 5.41) is 0. The molecule has 0 aliphatic rings. The minimum atomic E-state index is -0.514. The molecule has 0 radical (unpaired) electrons. The molecule has 0 heterocycles. The fraction of sp³-hybridized carbons (Fsp3) is 1.00. The maximum Gasteiger partial charge on any atom is 0.0866 e. The molecule has 0 atom stereocenters. The van der Waals surface area contributed by atoms with Crippen LogP contribution in [0.4, 0.5) is 9.09 Å². The van der Waals surface area contributed by atoms with Crippen LogP contribution in [0.2, 0.25) is 0 Å². The Hall–Kier alpha value is -0.140. The van der Waals surface area contributed by atoms with Crippen molar-refractivity contribution in [2.24, 2.45) is 0 Å². The highest BCUT2D eigenvalue weighted by Gasteiger charge is 1.39. The van der Waals surface area contributed by atoms with Gasteiger partial charge in [0.25, 0.3) is 0 Å². The second-order valence-electron chi connectivity index (χ2n) is 0.689. The Bertz CT molecular complexity index is 20.9. The molecule has 0 aromatic heterocycles. The third-order valence-corrected chi connectivity index (χ3v) is 0. The Labute approximate surface area is 46.9 Å². The second-order valence-corrected chi connectivity index (χ2v) is 0.689. The first-order valence-corrected chi connectivity index (χ1v) is 1.97. The molecule has 0 rings (SSSR count). The zero-order valence-corrected chi connectivity index (χ0v) is 4.61. The number of hydrogen-bond acceptors (Lipinski definition) is 0. The predicted octanol–water partition coefficient (Wildman–Crippen LogP) is 2.54. The van der Waals surface area contributed by atoms with Crippen LogP contribution in [0.25, 0.3) is 0 Å². The average molecular weight is 116 g/mol. The summed E-state index contributed by atoms with van der Waals surface area (Å²) in [6, 6.07) is 0. The summed E-state index contributed by atoms with van der Waals surface area (Å²) >= 11 is 0. The van der Waals surface area contributed by atoms with Gasteiger partial charge in [0.2, 0.25) is 0 Å². The van der Waals surface area contributed by atoms with Gasteiger partial charge < -0.3 is 0 Å². The van der Waals surface area contributed by atoms with Crippen LogP contribution < -0.4 is 0 Å². The molecule has 0 aliphatic carbocycles. The molecule has 0 fully saturated rings. The third kappa shape index (κ3) is 4450. The Kier molecular flexibility index (Phi) is 39.2. The molecule has 0 saturated carbocycles. The Morgan fingerprint density at radius 2 is 1.86 bits per heavy atom. The van der Waals surface area contributed by atoms with E-state index < -0.39 is 6.67 Å². The number of hydrogen-bond donors (Lipinski definition) is 0. The molecule has 0 spiro atoms. The Balaban J connectivity index is -0.0000000720. The van der Waals surface area contributed by atoms with Gasteiger partial charge in [-0.2, -0.15) is 0 Å². The molecule has 0 aromatic rings. The Morgan fingerprint density at radius 3 is 1.86 bits per heavy atom. The topological polar surface area (TPSA) is 0 Å². The van der Waals surface area contributed by atoms with E-state index in [1.54, 1.807) is 0 Å². The molecule has 0 N–H and O–H groups in total. The van der Waals surface area contributed by atoms with E-state index >= 15 is 0 Å². The lowest BCUT2D eigenvalue weighted by atomic mass is 10.6. The van der Waals surface area contributed by atoms with Crippen molar-refractivity contribution >= 4 is 0 Å². The summed E-state index contributed by atoms with van der Waals surface area (Å²) < 4.78 is 23.1. The maximum atomic E-state index is 10.5. The van der Waals surface area contributed by atoms with Crippen molar-refractivity contribution in [3.8, 4) is 0 Å². The first kappa shape index (κ1) is 6.86. The molecule has 0 aromatic carbocycles. The zero-order valence-electron chi connectivity index (χ0n) is 6.61. The average Bonchev–Trinajstić information content (AvgIpc) is 1.88. The van der Waals surface area contributed by atoms with Gasteiger partial charge in [0, 0.05) is 2.74 Å². The summed E-state index contributed by atoms with van der Waals surface area (Å²) in [6.07, 6.45) is 0.986. The molecule has 2 heteroatoms. The molecule has 0 bridgehead atoms. The van der Waals surface area contributed by atoms with Crippen molar-refractivity contribution in [3.05, 3.63) is 0 Å². The normalized spacial score (nSPS) is 8.86. The molecule has 7 heavy (non-hydrogen) atoms. The highest BCUT2D eigenvalue weighted by atomic mass is 19.1. The molecule has 0 nitrogen and oxygen atoms in total. The van der Waals surface area contributed by atoms with Crippen molar-refractivity contribution in [2.75, 3.05) is 6.67 Å². The minimum absolute atomic E-state index is 0. The molecule has 0 saturated heterocycles. The van der Waals surface area contributed by atoms with Crippen molar-refractivity contribution in [1.82, 2.24) is 0 Å². The van der Waals surface area contributed by atoms with Crippen LogP contribution in [0.15, 0.2) is 0 Å². The largest absolute Gasteiger partial charge is 0.269 e. The van der Waals surface area contributed by atoms with Gasteiger partial charge in [-0.3, -0.25) is 9.09 Å². The van der Waals surface area contributed by atoms with Crippen molar-refractivity contribution in [3.63, 3.8) is 0 Å². The van der Waals surface area contributed by atoms with Crippen LogP contribution in [0.3, 0.4) is 0 Å². The molecular formula is C5H14F2. The lowest BCUT2D eigenvalue weighted by Crippen LogP contribution is -1.40. The minimum Gasteiger partial charge on any atom is -0.269 e. The lowest BCUT2D eigenvalue weighted by molar-refractivity contribution is 0.527. The maximum absolute atomic E-state index is 10.5. The summed E-state index contributed by atoms with van der Waals surface area (Å²) in [7, 11) is 0. The molecule has 0 unspecified atom stereocenters. The van der Waals surface area contributed by atoms with E-state index in [1.807, 2.05) is 6.92 Å². The number of alkyl halides is 1. The van der Waals surface area contributed by atoms with Gasteiger partial charge in [0.05, 0.1) is 6.67 Å². The quantitative estimate of drug-likeness (QED) is 0.456. The molecule has 0 aliphatic heterocycles. The van der Waals surface area contributed by atoms with Crippen molar-refractivity contribution < 1.29 is 11.8 Å². The van der Waals surface area contributed by atoms with E-state index in [1.165, 1.54) is 0 Å². The smallest absolute Gasteiger partial charge is 0.0866 e. The fourth-order valence-electron chi connectivity index (χ4n) is 0. The summed E-state index contributed by atoms with van der Waals surface area (Å²) in [4.78, 5) is 0. The van der Waals surface area contributed by atoms with Crippen LogP contribution >= 0.6 is 0 Å². The predicted molar refractivity (Wildman–Crippen MR) is 30.1 cm³/mol. The molecule has 0 amide bonds. The lowest BCUT2D eigenvalue weighted by Gasteiger charge is -1.48. The van der Waals surface area contributed by atoms with E-state index in [0.29, 0.717) is 6.90 Å². The number of halogens is 2. The second kappa shape index (κ2) is 40.0. The van der Waals surface area contributed by atoms with Gasteiger partial charge in [-0.15, -0.1) is 0 Å². The zero-order chi connectivity index (χ0) is 6.83. The van der Waals surface area contributed by atoms with Crippen LogP contribution in [-0.4, -0.2) is 6.67 Å². The standard InChI is InChI=1S/C3H8.C2H5F.FH/c1-3-2;1-2-3;/h3H2,1-2H3;2H2,1H3;1H/i2*1T;. The van der Waals surface area contributed by atoms with E-state index in [-0.39, 0.29) is 11.6 Å². The van der Waals surface area contributed by atoms with Gasteiger partial charge in [0.1, 0.15) is 0 Å². The van der Waals surface area contributed by atoms with Crippen LogP contribution in [0.1, 0.15) is 29.9 Å². The van der Waals surface area contributed by atoms with Gasteiger partial charge in [-0.25, -0.2) is 0 Å². The third-order valence-electron chi connectivity index (χ3n) is 0. The van der Waals surface area contributed by atoms with Gasteiger partial charge >= 0.3 is 0 Å². The first-order chi connectivity index (χ1) is 3.83. The Morgan fingerprint density at radius 1 is 1.57 bits per heavy atom. The van der Waals surface area contributed by atoms with Crippen LogP contribution in [-0.2, 0) is 0 Å². The van der Waals surface area contributed by atoms with Gasteiger partial charge in [0.15, 0.2) is 0 Å². The van der Waals surface area contributed by atoms with Crippen molar-refractivity contribution in [2.45, 2.75) is 27.1 Å². The molecule has 48 valence electrons. The monoisotopic (exact) mass is 116 g/mol. The fourth-order valence-corrected chi connectivity index (χ4v) is 0. The van der Waals surface area contributed by atoms with E-state index in [4.69, 9.17) is 2.74 Å². The SMILES string of the molecule is F.[3H]CCC.[3H]CCF. The summed E-state index contributed by atoms with van der Waals surface area (Å²) in [5.41, 5.74) is 0. The number of rotatable bonds is 0. The van der Waals surface area contributed by atoms with E-state index in [9.17, 15) is 4.39 Å². The van der Waals surface area contributed by atoms with Crippen LogP contribution in [0.5, 0.6) is 0 Å². The molecular weight excluding hydrogens is 98.1 g/mol. The van der Waals surface area contributed by atoms with E-state index in [0.717, 1.165) is 6.42 Å².